The van der Waals surface area contributed by atoms with Crippen molar-refractivity contribution in [2.45, 2.75) is 38.6 Å². The number of hydrogen-bond donors (Lipinski definition) is 1. The number of hydrogen-bond acceptors (Lipinski definition) is 3. The van der Waals surface area contributed by atoms with Gasteiger partial charge in [0.25, 0.3) is 5.56 Å². The van der Waals surface area contributed by atoms with Crippen LogP contribution in [0.2, 0.25) is 0 Å². The lowest BCUT2D eigenvalue weighted by Gasteiger charge is -2.10. The summed E-state index contributed by atoms with van der Waals surface area (Å²) in [6, 6.07) is 1.79. The number of nitrogens with zero attached hydrogens (tertiary/aromatic N) is 2. The molecule has 0 spiro atoms. The number of aromatic amines is 1. The first-order chi connectivity index (χ1) is 8.20. The quantitative estimate of drug-likeness (QED) is 0.845. The third-order valence-corrected chi connectivity index (χ3v) is 3.38. The molecule has 1 aliphatic carbocycles. The van der Waals surface area contributed by atoms with E-state index in [-0.39, 0.29) is 5.56 Å². The molecule has 1 saturated carbocycles. The number of nitriles is 1. The molecule has 2 rings (SSSR count). The smallest absolute Gasteiger partial charge is 0.299 e. The number of rotatable bonds is 3. The monoisotopic (exact) mass is 233 g/mol. The van der Waals surface area contributed by atoms with Crippen LogP contribution < -0.4 is 11.2 Å². The van der Waals surface area contributed by atoms with Gasteiger partial charge in [-0.2, -0.15) is 5.26 Å². The molecule has 0 amide bonds. The van der Waals surface area contributed by atoms with E-state index in [1.807, 2.05) is 0 Å². The lowest BCUT2D eigenvalue weighted by Crippen LogP contribution is -2.31. The van der Waals surface area contributed by atoms with E-state index in [2.05, 4.69) is 4.98 Å². The third kappa shape index (κ3) is 2.64. The number of H-pyrrole nitrogens is 1. The third-order valence-electron chi connectivity index (χ3n) is 3.38. The first kappa shape index (κ1) is 11.6. The van der Waals surface area contributed by atoms with Crippen LogP contribution in [0.1, 0.15) is 37.7 Å². The summed E-state index contributed by atoms with van der Waals surface area (Å²) in [5.41, 5.74) is -1.03. The van der Waals surface area contributed by atoms with E-state index in [4.69, 9.17) is 5.26 Å². The normalized spacial score (nSPS) is 15.9. The highest BCUT2D eigenvalue weighted by Crippen LogP contribution is 2.27. The average molecular weight is 233 g/mol. The molecule has 17 heavy (non-hydrogen) atoms. The highest BCUT2D eigenvalue weighted by molar-refractivity contribution is 5.21. The van der Waals surface area contributed by atoms with Crippen LogP contribution >= 0.6 is 0 Å². The zero-order chi connectivity index (χ0) is 12.3. The standard InChI is InChI=1S/C12H15N3O2/c13-7-10-8-15(12(17)14-11(10)16)6-5-9-3-1-2-4-9/h8-9H,1-6H2,(H,14,16,17). The molecule has 1 aliphatic rings. The van der Waals surface area contributed by atoms with Crippen LogP contribution in [-0.4, -0.2) is 9.55 Å². The Morgan fingerprint density at radius 3 is 2.76 bits per heavy atom. The van der Waals surface area contributed by atoms with Crippen molar-refractivity contribution in [1.29, 1.82) is 5.26 Å². The van der Waals surface area contributed by atoms with Crippen LogP contribution in [0.3, 0.4) is 0 Å². The zero-order valence-corrected chi connectivity index (χ0v) is 9.61. The molecule has 0 radical (unpaired) electrons. The second kappa shape index (κ2) is 5.00. The van der Waals surface area contributed by atoms with Crippen LogP contribution in [0, 0.1) is 17.2 Å². The molecule has 5 heteroatoms. The Balaban J connectivity index is 2.12. The molecule has 1 fully saturated rings. The summed E-state index contributed by atoms with van der Waals surface area (Å²) >= 11 is 0. The average Bonchev–Trinajstić information content (AvgIpc) is 2.81. The van der Waals surface area contributed by atoms with Gasteiger partial charge in [0.2, 0.25) is 0 Å². The minimum absolute atomic E-state index is 0.00368. The van der Waals surface area contributed by atoms with Gasteiger partial charge in [-0.15, -0.1) is 0 Å². The van der Waals surface area contributed by atoms with Crippen LogP contribution in [0.4, 0.5) is 0 Å². The van der Waals surface area contributed by atoms with E-state index in [1.54, 1.807) is 6.07 Å². The summed E-state index contributed by atoms with van der Waals surface area (Å²) in [6.07, 6.45) is 7.29. The summed E-state index contributed by atoms with van der Waals surface area (Å²) in [5, 5.41) is 8.73. The number of aromatic nitrogens is 2. The van der Waals surface area contributed by atoms with Gasteiger partial charge in [-0.1, -0.05) is 25.7 Å². The van der Waals surface area contributed by atoms with Crippen molar-refractivity contribution in [2.75, 3.05) is 0 Å². The van der Waals surface area contributed by atoms with Gasteiger partial charge in [0.15, 0.2) is 0 Å². The Hall–Kier alpha value is -1.83. The lowest BCUT2D eigenvalue weighted by atomic mass is 10.0. The fourth-order valence-electron chi connectivity index (χ4n) is 2.38. The van der Waals surface area contributed by atoms with Gasteiger partial charge in [0.05, 0.1) is 0 Å². The summed E-state index contributed by atoms with van der Waals surface area (Å²) < 4.78 is 1.43. The Morgan fingerprint density at radius 2 is 2.12 bits per heavy atom. The fourth-order valence-corrected chi connectivity index (χ4v) is 2.38. The summed E-state index contributed by atoms with van der Waals surface area (Å²) in [6.45, 7) is 0.578. The first-order valence-electron chi connectivity index (χ1n) is 5.94. The van der Waals surface area contributed by atoms with E-state index in [9.17, 15) is 9.59 Å². The maximum atomic E-state index is 11.5. The number of aryl methyl sites for hydroxylation is 1. The fraction of sp³-hybridized carbons (Fsp3) is 0.583. The summed E-state index contributed by atoms with van der Waals surface area (Å²) in [7, 11) is 0. The molecular weight excluding hydrogens is 218 g/mol. The molecule has 1 N–H and O–H groups in total. The number of nitrogens with one attached hydrogen (secondary N) is 1. The second-order valence-electron chi connectivity index (χ2n) is 4.55. The van der Waals surface area contributed by atoms with Crippen molar-refractivity contribution in [3.05, 3.63) is 32.6 Å². The van der Waals surface area contributed by atoms with Crippen LogP contribution in [0.5, 0.6) is 0 Å². The minimum Gasteiger partial charge on any atom is -0.299 e. The van der Waals surface area contributed by atoms with Gasteiger partial charge >= 0.3 is 5.69 Å². The highest BCUT2D eigenvalue weighted by atomic mass is 16.2. The molecule has 1 heterocycles. The van der Waals surface area contributed by atoms with E-state index < -0.39 is 11.2 Å². The molecule has 0 aliphatic heterocycles. The molecule has 5 nitrogen and oxygen atoms in total. The predicted molar refractivity (Wildman–Crippen MR) is 62.6 cm³/mol. The SMILES string of the molecule is N#Cc1cn(CCC2CCCC2)c(=O)[nH]c1=O. The Bertz CT molecular complexity index is 544. The first-order valence-corrected chi connectivity index (χ1v) is 5.94. The molecule has 1 aromatic rings. The van der Waals surface area contributed by atoms with E-state index >= 15 is 0 Å². The Labute approximate surface area is 98.7 Å². The maximum Gasteiger partial charge on any atom is 0.328 e. The topological polar surface area (TPSA) is 78.7 Å². The summed E-state index contributed by atoms with van der Waals surface area (Å²) in [5.74, 6) is 0.680. The van der Waals surface area contributed by atoms with Crippen LogP contribution in [-0.2, 0) is 6.54 Å². The van der Waals surface area contributed by atoms with Crippen molar-refractivity contribution in [3.63, 3.8) is 0 Å². The Morgan fingerprint density at radius 1 is 1.41 bits per heavy atom. The van der Waals surface area contributed by atoms with Gasteiger partial charge < -0.3 is 0 Å². The molecular formula is C12H15N3O2. The van der Waals surface area contributed by atoms with Gasteiger partial charge in [-0.05, 0) is 12.3 Å². The van der Waals surface area contributed by atoms with E-state index in [0.29, 0.717) is 12.5 Å². The largest absolute Gasteiger partial charge is 0.328 e. The zero-order valence-electron chi connectivity index (χ0n) is 9.61. The molecule has 0 unspecified atom stereocenters. The molecule has 0 saturated heterocycles. The predicted octanol–water partition coefficient (Wildman–Crippen LogP) is 0.989. The van der Waals surface area contributed by atoms with Crippen molar-refractivity contribution >= 4 is 0 Å². The maximum absolute atomic E-state index is 11.5. The van der Waals surface area contributed by atoms with Crippen molar-refractivity contribution in [1.82, 2.24) is 9.55 Å². The van der Waals surface area contributed by atoms with Gasteiger partial charge in [-0.25, -0.2) is 4.79 Å². The van der Waals surface area contributed by atoms with Gasteiger partial charge in [0, 0.05) is 12.7 Å². The van der Waals surface area contributed by atoms with Crippen molar-refractivity contribution in [2.24, 2.45) is 5.92 Å². The molecule has 0 aromatic carbocycles. The molecule has 90 valence electrons. The van der Waals surface area contributed by atoms with E-state index in [0.717, 1.165) is 6.42 Å². The second-order valence-corrected chi connectivity index (χ2v) is 4.55. The molecule has 1 aromatic heterocycles. The van der Waals surface area contributed by atoms with Crippen LogP contribution in [0.15, 0.2) is 15.8 Å². The molecule has 0 bridgehead atoms. The van der Waals surface area contributed by atoms with Gasteiger partial charge in [-0.3, -0.25) is 14.3 Å². The minimum atomic E-state index is -0.602. The Kier molecular flexibility index (Phi) is 3.43. The van der Waals surface area contributed by atoms with E-state index in [1.165, 1.54) is 36.4 Å². The van der Waals surface area contributed by atoms with Crippen molar-refractivity contribution < 1.29 is 0 Å². The lowest BCUT2D eigenvalue weighted by molar-refractivity contribution is 0.449. The van der Waals surface area contributed by atoms with Gasteiger partial charge in [0.1, 0.15) is 11.6 Å². The highest BCUT2D eigenvalue weighted by Gasteiger charge is 2.15. The summed E-state index contributed by atoms with van der Waals surface area (Å²) in [4.78, 5) is 24.9. The molecule has 0 atom stereocenters. The van der Waals surface area contributed by atoms with Crippen LogP contribution in [0.25, 0.3) is 0 Å². The van der Waals surface area contributed by atoms with Crippen molar-refractivity contribution in [3.8, 4) is 6.07 Å².